The Kier molecular flexibility index (Phi) is 3.50. The molecule has 0 bridgehead atoms. The van der Waals surface area contributed by atoms with Crippen LogP contribution in [0, 0.1) is 0 Å². The summed E-state index contributed by atoms with van der Waals surface area (Å²) in [5.74, 6) is 0.987. The lowest BCUT2D eigenvalue weighted by Crippen LogP contribution is -2.38. The molecule has 0 aromatic heterocycles. The molecule has 0 aromatic rings. The van der Waals surface area contributed by atoms with E-state index in [1.54, 1.807) is 0 Å². The molecule has 3 heteroatoms. The predicted molar refractivity (Wildman–Crippen MR) is 68.4 cm³/mol. The van der Waals surface area contributed by atoms with Gasteiger partial charge in [0.15, 0.2) is 0 Å². The van der Waals surface area contributed by atoms with E-state index in [0.29, 0.717) is 5.25 Å². The molecule has 2 nitrogen and oxygen atoms in total. The van der Waals surface area contributed by atoms with Crippen LogP contribution in [0.15, 0.2) is 0 Å². The predicted octanol–water partition coefficient (Wildman–Crippen LogP) is 2.80. The highest BCUT2D eigenvalue weighted by Gasteiger charge is 2.46. The fraction of sp³-hybridized carbons (Fsp3) is 1.00. The van der Waals surface area contributed by atoms with Gasteiger partial charge in [-0.1, -0.05) is 0 Å². The third-order valence-electron chi connectivity index (χ3n) is 2.65. The second-order valence-electron chi connectivity index (χ2n) is 6.46. The van der Waals surface area contributed by atoms with Gasteiger partial charge in [0, 0.05) is 16.5 Å². The van der Waals surface area contributed by atoms with Crippen molar-refractivity contribution >= 4 is 11.8 Å². The standard InChI is InChI=1S/C12H25NOS/c1-10(2,13)8-15-9-7-11(3,4)14-12(9,5)6/h9H,7-8,13H2,1-6H3. The Bertz CT molecular complexity index is 230. The molecular formula is C12H25NOS. The van der Waals surface area contributed by atoms with Gasteiger partial charge in [0.1, 0.15) is 0 Å². The van der Waals surface area contributed by atoms with Gasteiger partial charge in [-0.15, -0.1) is 0 Å². The largest absolute Gasteiger partial charge is 0.369 e. The van der Waals surface area contributed by atoms with Crippen LogP contribution in [0.4, 0.5) is 0 Å². The second kappa shape index (κ2) is 3.94. The molecule has 0 aromatic carbocycles. The summed E-state index contributed by atoms with van der Waals surface area (Å²) in [7, 11) is 0. The first-order valence-electron chi connectivity index (χ1n) is 5.63. The SMILES string of the molecule is CC(C)(N)CSC1CC(C)(C)OC1(C)C. The first kappa shape index (κ1) is 13.3. The van der Waals surface area contributed by atoms with Crippen LogP contribution in [0.3, 0.4) is 0 Å². The van der Waals surface area contributed by atoms with Crippen LogP contribution < -0.4 is 5.73 Å². The summed E-state index contributed by atoms with van der Waals surface area (Å²) in [4.78, 5) is 0. The summed E-state index contributed by atoms with van der Waals surface area (Å²) in [6.07, 6.45) is 1.11. The Hall–Kier alpha value is 0.270. The lowest BCUT2D eigenvalue weighted by Gasteiger charge is -2.28. The minimum Gasteiger partial charge on any atom is -0.369 e. The summed E-state index contributed by atoms with van der Waals surface area (Å²) < 4.78 is 6.05. The average molecular weight is 231 g/mol. The summed E-state index contributed by atoms with van der Waals surface area (Å²) >= 11 is 1.95. The molecule has 1 fully saturated rings. The molecule has 0 saturated carbocycles. The first-order chi connectivity index (χ1) is 6.52. The van der Waals surface area contributed by atoms with E-state index in [2.05, 4.69) is 41.5 Å². The molecule has 0 amide bonds. The molecule has 1 saturated heterocycles. The van der Waals surface area contributed by atoms with Gasteiger partial charge in [-0.2, -0.15) is 11.8 Å². The van der Waals surface area contributed by atoms with Crippen LogP contribution in [-0.4, -0.2) is 27.7 Å². The molecule has 1 aliphatic heterocycles. The molecule has 0 spiro atoms. The highest BCUT2D eigenvalue weighted by Crippen LogP contribution is 2.44. The van der Waals surface area contributed by atoms with E-state index in [-0.39, 0.29) is 16.7 Å². The normalized spacial score (nSPS) is 29.4. The maximum Gasteiger partial charge on any atom is 0.0752 e. The van der Waals surface area contributed by atoms with Crippen LogP contribution in [0.25, 0.3) is 0 Å². The van der Waals surface area contributed by atoms with E-state index in [0.717, 1.165) is 12.2 Å². The van der Waals surface area contributed by atoms with Crippen LogP contribution in [0.1, 0.15) is 48.0 Å². The van der Waals surface area contributed by atoms with E-state index < -0.39 is 0 Å². The van der Waals surface area contributed by atoms with Crippen LogP contribution in [-0.2, 0) is 4.74 Å². The smallest absolute Gasteiger partial charge is 0.0752 e. The maximum absolute atomic E-state index is 6.05. The van der Waals surface area contributed by atoms with Crippen molar-refractivity contribution in [1.82, 2.24) is 0 Å². The van der Waals surface area contributed by atoms with Crippen molar-refractivity contribution in [2.45, 2.75) is 70.0 Å². The molecule has 1 aliphatic rings. The van der Waals surface area contributed by atoms with Gasteiger partial charge in [-0.25, -0.2) is 0 Å². The van der Waals surface area contributed by atoms with Gasteiger partial charge in [-0.05, 0) is 48.0 Å². The van der Waals surface area contributed by atoms with Gasteiger partial charge >= 0.3 is 0 Å². The van der Waals surface area contributed by atoms with Crippen molar-refractivity contribution in [3.05, 3.63) is 0 Å². The molecule has 90 valence electrons. The summed E-state index contributed by atoms with van der Waals surface area (Å²) in [5, 5.41) is 0.551. The number of ether oxygens (including phenoxy) is 1. The van der Waals surface area contributed by atoms with Gasteiger partial charge in [0.25, 0.3) is 0 Å². The highest BCUT2D eigenvalue weighted by atomic mass is 32.2. The van der Waals surface area contributed by atoms with Crippen LogP contribution in [0.5, 0.6) is 0 Å². The highest BCUT2D eigenvalue weighted by molar-refractivity contribution is 8.00. The summed E-state index contributed by atoms with van der Waals surface area (Å²) in [6.45, 7) is 12.9. The summed E-state index contributed by atoms with van der Waals surface area (Å²) in [6, 6.07) is 0. The first-order valence-corrected chi connectivity index (χ1v) is 6.67. The zero-order chi connectivity index (χ0) is 11.9. The lowest BCUT2D eigenvalue weighted by atomic mass is 10.0. The molecule has 1 heterocycles. The monoisotopic (exact) mass is 231 g/mol. The Morgan fingerprint density at radius 1 is 1.33 bits per heavy atom. The summed E-state index contributed by atoms with van der Waals surface area (Å²) in [5.41, 5.74) is 5.90. The maximum atomic E-state index is 6.05. The van der Waals surface area contributed by atoms with Crippen molar-refractivity contribution < 1.29 is 4.74 Å². The van der Waals surface area contributed by atoms with E-state index in [4.69, 9.17) is 10.5 Å². The van der Waals surface area contributed by atoms with Crippen molar-refractivity contribution in [3.63, 3.8) is 0 Å². The van der Waals surface area contributed by atoms with E-state index in [1.807, 2.05) is 11.8 Å². The Morgan fingerprint density at radius 3 is 2.20 bits per heavy atom. The quantitative estimate of drug-likeness (QED) is 0.811. The van der Waals surface area contributed by atoms with Crippen molar-refractivity contribution in [1.29, 1.82) is 0 Å². The third kappa shape index (κ3) is 3.97. The Labute approximate surface area is 98.3 Å². The number of nitrogens with two attached hydrogens (primary N) is 1. The molecule has 1 rings (SSSR count). The van der Waals surface area contributed by atoms with E-state index >= 15 is 0 Å². The molecule has 2 N–H and O–H groups in total. The van der Waals surface area contributed by atoms with Crippen molar-refractivity contribution in [2.24, 2.45) is 5.73 Å². The van der Waals surface area contributed by atoms with Gasteiger partial charge in [-0.3, -0.25) is 0 Å². The fourth-order valence-corrected chi connectivity index (χ4v) is 3.69. The Morgan fingerprint density at radius 2 is 1.87 bits per heavy atom. The molecule has 0 aliphatic carbocycles. The molecule has 0 radical (unpaired) electrons. The van der Waals surface area contributed by atoms with E-state index in [1.165, 1.54) is 0 Å². The molecule has 15 heavy (non-hydrogen) atoms. The zero-order valence-electron chi connectivity index (χ0n) is 10.9. The minimum atomic E-state index is -0.0898. The van der Waals surface area contributed by atoms with Gasteiger partial charge < -0.3 is 10.5 Å². The lowest BCUT2D eigenvalue weighted by molar-refractivity contribution is -0.0631. The average Bonchev–Trinajstić information content (AvgIpc) is 2.13. The number of rotatable bonds is 3. The van der Waals surface area contributed by atoms with Crippen LogP contribution in [0.2, 0.25) is 0 Å². The molecule has 1 atom stereocenters. The molecule has 1 unspecified atom stereocenters. The van der Waals surface area contributed by atoms with Crippen molar-refractivity contribution in [2.75, 3.05) is 5.75 Å². The van der Waals surface area contributed by atoms with E-state index in [9.17, 15) is 0 Å². The van der Waals surface area contributed by atoms with Gasteiger partial charge in [0.05, 0.1) is 11.2 Å². The number of hydrogen-bond acceptors (Lipinski definition) is 3. The third-order valence-corrected chi connectivity index (χ3v) is 4.70. The number of thioether (sulfide) groups is 1. The topological polar surface area (TPSA) is 35.2 Å². The van der Waals surface area contributed by atoms with Crippen molar-refractivity contribution in [3.8, 4) is 0 Å². The Balaban J connectivity index is 2.56. The minimum absolute atomic E-state index is 0.0138. The molecular weight excluding hydrogens is 206 g/mol. The fourth-order valence-electron chi connectivity index (χ4n) is 2.09. The van der Waals surface area contributed by atoms with Gasteiger partial charge in [0.2, 0.25) is 0 Å². The zero-order valence-corrected chi connectivity index (χ0v) is 11.7. The second-order valence-corrected chi connectivity index (χ2v) is 7.65. The van der Waals surface area contributed by atoms with Crippen LogP contribution >= 0.6 is 11.8 Å². The number of hydrogen-bond donors (Lipinski definition) is 1.